The van der Waals surface area contributed by atoms with Crippen molar-refractivity contribution >= 4 is 11.6 Å². The molecule has 0 radical (unpaired) electrons. The van der Waals surface area contributed by atoms with Gasteiger partial charge in [-0.1, -0.05) is 6.92 Å². The van der Waals surface area contributed by atoms with Crippen molar-refractivity contribution in [2.24, 2.45) is 0 Å². The smallest absolute Gasteiger partial charge is 0.158 e. The summed E-state index contributed by atoms with van der Waals surface area (Å²) in [5.74, 6) is 2.29. The first-order chi connectivity index (χ1) is 9.69. The van der Waals surface area contributed by atoms with Gasteiger partial charge in [0.25, 0.3) is 0 Å². The number of rotatable bonds is 10. The summed E-state index contributed by atoms with van der Waals surface area (Å²) in [6.45, 7) is 8.71. The molecule has 1 atom stereocenters. The standard InChI is InChI=1S/C14H26N4O2/c1-5-7-15-12-8-13(16-11(3)9-19-4)18-14(17-12)10-20-6-2/h8,11H,5-7,9-10H2,1-4H3,(H2,15,16,17,18). The number of ether oxygens (including phenoxy) is 2. The zero-order chi connectivity index (χ0) is 14.8. The van der Waals surface area contributed by atoms with Crippen LogP contribution in [0.25, 0.3) is 0 Å². The van der Waals surface area contributed by atoms with E-state index < -0.39 is 0 Å². The van der Waals surface area contributed by atoms with Gasteiger partial charge in [0.05, 0.1) is 6.61 Å². The predicted octanol–water partition coefficient (Wildman–Crippen LogP) is 2.28. The van der Waals surface area contributed by atoms with Crippen LogP contribution in [-0.4, -0.2) is 42.9 Å². The largest absolute Gasteiger partial charge is 0.383 e. The summed E-state index contributed by atoms with van der Waals surface area (Å²) < 4.78 is 10.5. The highest BCUT2D eigenvalue weighted by Crippen LogP contribution is 2.13. The molecule has 6 heteroatoms. The van der Waals surface area contributed by atoms with E-state index in [2.05, 4.69) is 27.5 Å². The van der Waals surface area contributed by atoms with Gasteiger partial charge < -0.3 is 20.1 Å². The first kappa shape index (κ1) is 16.7. The average molecular weight is 282 g/mol. The van der Waals surface area contributed by atoms with E-state index in [1.54, 1.807) is 7.11 Å². The Kier molecular flexibility index (Phi) is 7.91. The molecule has 20 heavy (non-hydrogen) atoms. The molecule has 0 aliphatic carbocycles. The predicted molar refractivity (Wildman–Crippen MR) is 81.1 cm³/mol. The van der Waals surface area contributed by atoms with Crippen molar-refractivity contribution in [2.75, 3.05) is 37.5 Å². The molecule has 0 saturated heterocycles. The molecule has 0 spiro atoms. The SMILES string of the molecule is CCCNc1cc(NC(C)COC)nc(COCC)n1. The van der Waals surface area contributed by atoms with Crippen LogP contribution in [0.3, 0.4) is 0 Å². The van der Waals surface area contributed by atoms with Crippen LogP contribution < -0.4 is 10.6 Å². The van der Waals surface area contributed by atoms with Crippen molar-refractivity contribution in [3.8, 4) is 0 Å². The normalized spacial score (nSPS) is 12.2. The van der Waals surface area contributed by atoms with Crippen molar-refractivity contribution in [3.63, 3.8) is 0 Å². The minimum absolute atomic E-state index is 0.189. The number of methoxy groups -OCH3 is 1. The summed E-state index contributed by atoms with van der Waals surface area (Å²) in [5.41, 5.74) is 0. The van der Waals surface area contributed by atoms with Crippen LogP contribution in [0.2, 0.25) is 0 Å². The third-order valence-electron chi connectivity index (χ3n) is 2.57. The Morgan fingerprint density at radius 1 is 1.25 bits per heavy atom. The third kappa shape index (κ3) is 6.16. The van der Waals surface area contributed by atoms with Gasteiger partial charge >= 0.3 is 0 Å². The minimum atomic E-state index is 0.189. The van der Waals surface area contributed by atoms with Crippen LogP contribution >= 0.6 is 0 Å². The average Bonchev–Trinajstić information content (AvgIpc) is 2.43. The highest BCUT2D eigenvalue weighted by molar-refractivity contribution is 5.48. The van der Waals surface area contributed by atoms with Crippen LogP contribution in [0.4, 0.5) is 11.6 Å². The molecule has 0 aliphatic heterocycles. The number of hydrogen-bond donors (Lipinski definition) is 2. The summed E-state index contributed by atoms with van der Waals surface area (Å²) in [7, 11) is 1.69. The number of nitrogens with one attached hydrogen (secondary N) is 2. The Morgan fingerprint density at radius 2 is 2.00 bits per heavy atom. The summed E-state index contributed by atoms with van der Waals surface area (Å²) in [4.78, 5) is 8.90. The molecule has 0 saturated carbocycles. The maximum Gasteiger partial charge on any atom is 0.158 e. The maximum absolute atomic E-state index is 5.38. The number of aromatic nitrogens is 2. The molecule has 1 heterocycles. The lowest BCUT2D eigenvalue weighted by Gasteiger charge is -2.15. The van der Waals surface area contributed by atoms with E-state index in [-0.39, 0.29) is 6.04 Å². The molecular formula is C14H26N4O2. The van der Waals surface area contributed by atoms with Gasteiger partial charge in [0, 0.05) is 32.4 Å². The monoisotopic (exact) mass is 282 g/mol. The lowest BCUT2D eigenvalue weighted by molar-refractivity contribution is 0.128. The topological polar surface area (TPSA) is 68.3 Å². The fraction of sp³-hybridized carbons (Fsp3) is 0.714. The fourth-order valence-electron chi connectivity index (χ4n) is 1.72. The molecule has 0 amide bonds. The molecule has 0 aliphatic rings. The highest BCUT2D eigenvalue weighted by atomic mass is 16.5. The zero-order valence-corrected chi connectivity index (χ0v) is 12.9. The molecule has 1 aromatic heterocycles. The van der Waals surface area contributed by atoms with Gasteiger partial charge in [0.1, 0.15) is 18.2 Å². The van der Waals surface area contributed by atoms with E-state index in [4.69, 9.17) is 9.47 Å². The van der Waals surface area contributed by atoms with Crippen LogP contribution in [-0.2, 0) is 16.1 Å². The van der Waals surface area contributed by atoms with E-state index in [1.165, 1.54) is 0 Å². The Labute approximate surface area is 121 Å². The molecule has 0 aromatic carbocycles. The van der Waals surface area contributed by atoms with Crippen LogP contribution in [0, 0.1) is 0 Å². The summed E-state index contributed by atoms with van der Waals surface area (Å²) in [6.07, 6.45) is 1.05. The summed E-state index contributed by atoms with van der Waals surface area (Å²) in [5, 5.41) is 6.58. The van der Waals surface area contributed by atoms with E-state index in [0.717, 1.165) is 24.6 Å². The Morgan fingerprint density at radius 3 is 2.65 bits per heavy atom. The van der Waals surface area contributed by atoms with Gasteiger partial charge in [0.15, 0.2) is 5.82 Å². The molecular weight excluding hydrogens is 256 g/mol. The number of hydrogen-bond acceptors (Lipinski definition) is 6. The second-order valence-electron chi connectivity index (χ2n) is 4.62. The Hall–Kier alpha value is -1.40. The fourth-order valence-corrected chi connectivity index (χ4v) is 1.72. The van der Waals surface area contributed by atoms with Crippen molar-refractivity contribution in [3.05, 3.63) is 11.9 Å². The van der Waals surface area contributed by atoms with Gasteiger partial charge in [-0.25, -0.2) is 9.97 Å². The van der Waals surface area contributed by atoms with Crippen LogP contribution in [0.15, 0.2) is 6.07 Å². The number of anilines is 2. The quantitative estimate of drug-likeness (QED) is 0.686. The molecule has 2 N–H and O–H groups in total. The number of nitrogens with zero attached hydrogens (tertiary/aromatic N) is 2. The molecule has 1 aromatic rings. The van der Waals surface area contributed by atoms with Gasteiger partial charge in [0.2, 0.25) is 0 Å². The molecule has 1 unspecified atom stereocenters. The lowest BCUT2D eigenvalue weighted by Crippen LogP contribution is -2.22. The second kappa shape index (κ2) is 9.50. The van der Waals surface area contributed by atoms with E-state index >= 15 is 0 Å². The van der Waals surface area contributed by atoms with Gasteiger partial charge in [-0.05, 0) is 20.3 Å². The van der Waals surface area contributed by atoms with E-state index in [1.807, 2.05) is 19.9 Å². The molecule has 0 fully saturated rings. The van der Waals surface area contributed by atoms with Crippen molar-refractivity contribution in [2.45, 2.75) is 39.8 Å². The highest BCUT2D eigenvalue weighted by Gasteiger charge is 2.07. The van der Waals surface area contributed by atoms with Gasteiger partial charge in [-0.15, -0.1) is 0 Å². The van der Waals surface area contributed by atoms with Crippen molar-refractivity contribution < 1.29 is 9.47 Å². The molecule has 0 bridgehead atoms. The first-order valence-corrected chi connectivity index (χ1v) is 7.14. The first-order valence-electron chi connectivity index (χ1n) is 7.14. The zero-order valence-electron chi connectivity index (χ0n) is 12.9. The van der Waals surface area contributed by atoms with Crippen molar-refractivity contribution in [1.82, 2.24) is 9.97 Å². The van der Waals surface area contributed by atoms with E-state index in [0.29, 0.717) is 25.6 Å². The van der Waals surface area contributed by atoms with Gasteiger partial charge in [-0.2, -0.15) is 0 Å². The molecule has 114 valence electrons. The van der Waals surface area contributed by atoms with Crippen molar-refractivity contribution in [1.29, 1.82) is 0 Å². The lowest BCUT2D eigenvalue weighted by atomic mass is 10.3. The molecule has 1 rings (SSSR count). The maximum atomic E-state index is 5.38. The second-order valence-corrected chi connectivity index (χ2v) is 4.62. The Balaban J connectivity index is 2.78. The van der Waals surface area contributed by atoms with Crippen LogP contribution in [0.5, 0.6) is 0 Å². The van der Waals surface area contributed by atoms with Gasteiger partial charge in [-0.3, -0.25) is 0 Å². The third-order valence-corrected chi connectivity index (χ3v) is 2.57. The Bertz CT molecular complexity index is 361. The minimum Gasteiger partial charge on any atom is -0.383 e. The van der Waals surface area contributed by atoms with Crippen LogP contribution in [0.1, 0.15) is 33.0 Å². The summed E-state index contributed by atoms with van der Waals surface area (Å²) >= 11 is 0. The van der Waals surface area contributed by atoms with E-state index in [9.17, 15) is 0 Å². The molecule has 6 nitrogen and oxygen atoms in total. The summed E-state index contributed by atoms with van der Waals surface area (Å²) in [6, 6.07) is 2.10.